The predicted octanol–water partition coefficient (Wildman–Crippen LogP) is 5.04. The van der Waals surface area contributed by atoms with Crippen molar-refractivity contribution in [3.63, 3.8) is 0 Å². The number of halogens is 2. The van der Waals surface area contributed by atoms with Gasteiger partial charge in [-0.25, -0.2) is 5.01 Å². The van der Waals surface area contributed by atoms with Crippen molar-refractivity contribution >= 4 is 46.8 Å². The van der Waals surface area contributed by atoms with Gasteiger partial charge in [-0.1, -0.05) is 53.5 Å². The van der Waals surface area contributed by atoms with Crippen LogP contribution >= 0.6 is 23.2 Å². The number of ether oxygens (including phenoxy) is 2. The van der Waals surface area contributed by atoms with E-state index in [1.807, 2.05) is 6.07 Å². The maximum atomic E-state index is 12.8. The van der Waals surface area contributed by atoms with E-state index in [0.29, 0.717) is 32.8 Å². The highest BCUT2D eigenvalue weighted by atomic mass is 35.5. The van der Waals surface area contributed by atoms with E-state index in [1.54, 1.807) is 60.7 Å². The Hall–Kier alpha value is -3.48. The number of anilines is 1. The molecule has 0 saturated carbocycles. The fourth-order valence-corrected chi connectivity index (χ4v) is 3.63. The maximum Gasteiger partial charge on any atom is 0.282 e. The fraction of sp³-hybridized carbons (Fsp3) is 0.0833. The first kappa shape index (κ1) is 21.7. The Kier molecular flexibility index (Phi) is 6.35. The highest BCUT2D eigenvalue weighted by molar-refractivity contribution is 6.35. The molecule has 0 atom stereocenters. The third kappa shape index (κ3) is 4.56. The average Bonchev–Trinajstić information content (AvgIpc) is 3.08. The zero-order valence-corrected chi connectivity index (χ0v) is 18.5. The normalized spacial score (nSPS) is 14.6. The second-order valence-electron chi connectivity index (χ2n) is 6.91. The highest BCUT2D eigenvalue weighted by Gasteiger charge is 2.34. The smallest absolute Gasteiger partial charge is 0.282 e. The van der Waals surface area contributed by atoms with Crippen LogP contribution in [-0.2, 0) is 16.2 Å². The molecule has 0 radical (unpaired) electrons. The van der Waals surface area contributed by atoms with Gasteiger partial charge in [0.15, 0.2) is 11.5 Å². The number of nitrogens with zero attached hydrogens (tertiary/aromatic N) is 1. The van der Waals surface area contributed by atoms with Gasteiger partial charge in [0.25, 0.3) is 11.8 Å². The minimum Gasteiger partial charge on any atom is -0.493 e. The summed E-state index contributed by atoms with van der Waals surface area (Å²) in [5.41, 5.74) is 4.58. The van der Waals surface area contributed by atoms with E-state index in [1.165, 1.54) is 18.2 Å². The highest BCUT2D eigenvalue weighted by Crippen LogP contribution is 2.31. The van der Waals surface area contributed by atoms with Crippen LogP contribution in [0.1, 0.15) is 11.1 Å². The molecule has 1 saturated heterocycles. The summed E-state index contributed by atoms with van der Waals surface area (Å²) < 4.78 is 11.3. The fourth-order valence-electron chi connectivity index (χ4n) is 3.17. The largest absolute Gasteiger partial charge is 0.493 e. The first-order valence-corrected chi connectivity index (χ1v) is 10.4. The Bertz CT molecular complexity index is 1210. The summed E-state index contributed by atoms with van der Waals surface area (Å²) in [6.45, 7) is 0.222. The van der Waals surface area contributed by atoms with E-state index in [4.69, 9.17) is 32.7 Å². The number of para-hydroxylation sites is 1. The van der Waals surface area contributed by atoms with E-state index in [9.17, 15) is 9.59 Å². The number of hydrazine groups is 1. The second-order valence-corrected chi connectivity index (χ2v) is 7.75. The Morgan fingerprint density at radius 1 is 0.969 bits per heavy atom. The summed E-state index contributed by atoms with van der Waals surface area (Å²) in [6.07, 6.45) is 1.52. The number of carbonyl (C=O) groups excluding carboxylic acids is 2. The standard InChI is InChI=1S/C24H18Cl2N2O4/c1-31-22-12-15(7-10-21(22)32-14-16-8-9-17(25)13-20(16)26)11-19-23(29)27-28(24(19)30)18-5-3-2-4-6-18/h2-13H,14H2,1H3,(H,27,29)/b19-11-. The molecule has 1 aliphatic rings. The van der Waals surface area contributed by atoms with Crippen molar-refractivity contribution < 1.29 is 19.1 Å². The Balaban J connectivity index is 1.54. The predicted molar refractivity (Wildman–Crippen MR) is 124 cm³/mol. The van der Waals surface area contributed by atoms with Crippen LogP contribution in [0.4, 0.5) is 5.69 Å². The van der Waals surface area contributed by atoms with Crippen molar-refractivity contribution in [2.45, 2.75) is 6.61 Å². The minimum absolute atomic E-state index is 0.0255. The van der Waals surface area contributed by atoms with E-state index >= 15 is 0 Å². The lowest BCUT2D eigenvalue weighted by Crippen LogP contribution is -2.35. The number of methoxy groups -OCH3 is 1. The Morgan fingerprint density at radius 2 is 1.75 bits per heavy atom. The molecule has 1 aliphatic heterocycles. The van der Waals surface area contributed by atoms with Crippen molar-refractivity contribution in [3.8, 4) is 11.5 Å². The number of rotatable bonds is 6. The van der Waals surface area contributed by atoms with E-state index in [0.717, 1.165) is 5.56 Å². The molecule has 0 spiro atoms. The monoisotopic (exact) mass is 468 g/mol. The molecule has 0 aromatic heterocycles. The third-order valence-electron chi connectivity index (χ3n) is 4.80. The van der Waals surface area contributed by atoms with Crippen LogP contribution in [0.25, 0.3) is 6.08 Å². The number of nitrogens with one attached hydrogen (secondary N) is 1. The third-order valence-corrected chi connectivity index (χ3v) is 5.39. The Morgan fingerprint density at radius 3 is 2.47 bits per heavy atom. The molecule has 0 unspecified atom stereocenters. The summed E-state index contributed by atoms with van der Waals surface area (Å²) in [4.78, 5) is 25.1. The van der Waals surface area contributed by atoms with E-state index in [-0.39, 0.29) is 12.2 Å². The lowest BCUT2D eigenvalue weighted by Gasteiger charge is -2.14. The number of benzene rings is 3. The van der Waals surface area contributed by atoms with Crippen molar-refractivity contribution in [1.29, 1.82) is 0 Å². The van der Waals surface area contributed by atoms with Crippen LogP contribution < -0.4 is 19.9 Å². The van der Waals surface area contributed by atoms with Gasteiger partial charge in [-0.15, -0.1) is 0 Å². The van der Waals surface area contributed by atoms with Gasteiger partial charge < -0.3 is 9.47 Å². The lowest BCUT2D eigenvalue weighted by atomic mass is 10.1. The molecule has 0 bridgehead atoms. The average molecular weight is 469 g/mol. The molecule has 2 amide bonds. The lowest BCUT2D eigenvalue weighted by molar-refractivity contribution is -0.117. The van der Waals surface area contributed by atoms with Gasteiger partial charge in [-0.05, 0) is 48.0 Å². The quantitative estimate of drug-likeness (QED) is 0.406. The molecule has 4 rings (SSSR count). The molecule has 1 heterocycles. The molecule has 1 fully saturated rings. The molecule has 3 aromatic carbocycles. The van der Waals surface area contributed by atoms with Crippen molar-refractivity contribution in [3.05, 3.63) is 93.5 Å². The van der Waals surface area contributed by atoms with Crippen LogP contribution in [-0.4, -0.2) is 18.9 Å². The van der Waals surface area contributed by atoms with E-state index in [2.05, 4.69) is 5.43 Å². The van der Waals surface area contributed by atoms with Gasteiger partial charge >= 0.3 is 0 Å². The first-order chi connectivity index (χ1) is 15.5. The summed E-state index contributed by atoms with van der Waals surface area (Å²) in [5, 5.41) is 2.27. The van der Waals surface area contributed by atoms with Crippen molar-refractivity contribution in [1.82, 2.24) is 5.43 Å². The van der Waals surface area contributed by atoms with Gasteiger partial charge in [0.1, 0.15) is 12.2 Å². The summed E-state index contributed by atoms with van der Waals surface area (Å²) in [7, 11) is 1.51. The molecular formula is C24H18Cl2N2O4. The Labute approximate surface area is 194 Å². The molecule has 32 heavy (non-hydrogen) atoms. The van der Waals surface area contributed by atoms with Crippen molar-refractivity contribution in [2.24, 2.45) is 0 Å². The number of carbonyl (C=O) groups is 2. The SMILES string of the molecule is COc1cc(/C=C2/C(=O)NN(c3ccccc3)C2=O)ccc1OCc1ccc(Cl)cc1Cl. The van der Waals surface area contributed by atoms with Crippen molar-refractivity contribution in [2.75, 3.05) is 12.1 Å². The molecule has 8 heteroatoms. The molecule has 1 N–H and O–H groups in total. The van der Waals surface area contributed by atoms with E-state index < -0.39 is 11.8 Å². The first-order valence-electron chi connectivity index (χ1n) is 9.63. The van der Waals surface area contributed by atoms with Crippen LogP contribution in [0, 0.1) is 0 Å². The summed E-state index contributed by atoms with van der Waals surface area (Å²) in [5.74, 6) is 0.0392. The topological polar surface area (TPSA) is 67.9 Å². The maximum absolute atomic E-state index is 12.8. The second kappa shape index (κ2) is 9.34. The van der Waals surface area contributed by atoms with Gasteiger partial charge in [0, 0.05) is 15.6 Å². The van der Waals surface area contributed by atoms with Gasteiger partial charge in [-0.2, -0.15) is 0 Å². The van der Waals surface area contributed by atoms with Crippen LogP contribution in [0.2, 0.25) is 10.0 Å². The molecule has 3 aromatic rings. The zero-order chi connectivity index (χ0) is 22.7. The van der Waals surface area contributed by atoms with Crippen LogP contribution in [0.5, 0.6) is 11.5 Å². The van der Waals surface area contributed by atoms with Gasteiger partial charge in [-0.3, -0.25) is 15.0 Å². The number of hydrogen-bond donors (Lipinski definition) is 1. The molecule has 0 aliphatic carbocycles. The summed E-state index contributed by atoms with van der Waals surface area (Å²) in [6, 6.07) is 19.2. The van der Waals surface area contributed by atoms with Crippen LogP contribution in [0.15, 0.2) is 72.3 Å². The molecular weight excluding hydrogens is 451 g/mol. The van der Waals surface area contributed by atoms with Crippen LogP contribution in [0.3, 0.4) is 0 Å². The zero-order valence-electron chi connectivity index (χ0n) is 17.0. The molecule has 162 valence electrons. The number of hydrogen-bond acceptors (Lipinski definition) is 4. The van der Waals surface area contributed by atoms with Gasteiger partial charge in [0.2, 0.25) is 0 Å². The molecule has 6 nitrogen and oxygen atoms in total. The van der Waals surface area contributed by atoms with Gasteiger partial charge in [0.05, 0.1) is 12.8 Å². The number of amides is 2. The summed E-state index contributed by atoms with van der Waals surface area (Å²) >= 11 is 12.1. The minimum atomic E-state index is -0.476.